The first kappa shape index (κ1) is 12.6. The van der Waals surface area contributed by atoms with E-state index in [1.54, 1.807) is 0 Å². The average molecular weight is 210 g/mol. The van der Waals surface area contributed by atoms with Crippen LogP contribution in [0.5, 0.6) is 0 Å². The van der Waals surface area contributed by atoms with E-state index in [2.05, 4.69) is 25.7 Å². The Labute approximate surface area is 85.8 Å². The van der Waals surface area contributed by atoms with Crippen molar-refractivity contribution in [2.75, 3.05) is 31.3 Å². The summed E-state index contributed by atoms with van der Waals surface area (Å²) in [5.41, 5.74) is 0. The molecule has 0 saturated carbocycles. The number of rotatable bonds is 7. The van der Waals surface area contributed by atoms with Gasteiger partial charge in [0.05, 0.1) is 0 Å². The van der Waals surface area contributed by atoms with Crippen LogP contribution in [0, 0.1) is 0 Å². The van der Waals surface area contributed by atoms with Gasteiger partial charge in [0.2, 0.25) is 0 Å². The predicted molar refractivity (Wildman–Crippen MR) is 60.4 cm³/mol. The second kappa shape index (κ2) is 8.21. The molecule has 1 unspecified atom stereocenters. The van der Waals surface area contributed by atoms with Gasteiger partial charge in [-0.15, -0.1) is 11.6 Å². The third-order valence-corrected chi connectivity index (χ3v) is 3.72. The molecule has 12 heavy (non-hydrogen) atoms. The van der Waals surface area contributed by atoms with Gasteiger partial charge in [0.1, 0.15) is 0 Å². The van der Waals surface area contributed by atoms with Gasteiger partial charge < -0.3 is 4.90 Å². The summed E-state index contributed by atoms with van der Waals surface area (Å²) in [6.07, 6.45) is 0. The van der Waals surface area contributed by atoms with E-state index in [9.17, 15) is 0 Å². The van der Waals surface area contributed by atoms with E-state index in [-0.39, 0.29) is 0 Å². The molecule has 0 fully saturated rings. The summed E-state index contributed by atoms with van der Waals surface area (Å²) in [5.74, 6) is 1.97. The van der Waals surface area contributed by atoms with Crippen LogP contribution in [0.4, 0.5) is 0 Å². The maximum absolute atomic E-state index is 5.70. The van der Waals surface area contributed by atoms with Crippen molar-refractivity contribution in [3.63, 3.8) is 0 Å². The molecule has 0 bridgehead atoms. The highest BCUT2D eigenvalue weighted by atomic mass is 35.5. The fourth-order valence-electron chi connectivity index (χ4n) is 0.967. The number of hydrogen-bond donors (Lipinski definition) is 0. The fraction of sp³-hybridized carbons (Fsp3) is 1.00. The van der Waals surface area contributed by atoms with Crippen LogP contribution in [0.1, 0.15) is 20.8 Å². The first-order valence-corrected chi connectivity index (χ1v) is 6.22. The van der Waals surface area contributed by atoms with E-state index in [0.29, 0.717) is 5.25 Å². The van der Waals surface area contributed by atoms with Crippen LogP contribution in [-0.4, -0.2) is 41.4 Å². The van der Waals surface area contributed by atoms with Crippen molar-refractivity contribution in [2.45, 2.75) is 26.0 Å². The third-order valence-electron chi connectivity index (χ3n) is 1.92. The van der Waals surface area contributed by atoms with Gasteiger partial charge >= 0.3 is 0 Å². The molecule has 0 aliphatic heterocycles. The largest absolute Gasteiger partial charge is 0.303 e. The van der Waals surface area contributed by atoms with Crippen LogP contribution in [0.25, 0.3) is 0 Å². The quantitative estimate of drug-likeness (QED) is 0.594. The lowest BCUT2D eigenvalue weighted by atomic mass is 10.5. The molecule has 74 valence electrons. The van der Waals surface area contributed by atoms with E-state index in [4.69, 9.17) is 11.6 Å². The van der Waals surface area contributed by atoms with Crippen LogP contribution >= 0.6 is 23.4 Å². The molecule has 1 atom stereocenters. The van der Waals surface area contributed by atoms with Gasteiger partial charge in [-0.25, -0.2) is 0 Å². The Kier molecular flexibility index (Phi) is 8.62. The molecule has 0 aliphatic rings. The standard InChI is InChI=1S/C9H20ClNS/c1-4-11(5-2)6-7-12-9(3)8-10/h9H,4-8H2,1-3H3. The molecule has 0 rings (SSSR count). The van der Waals surface area contributed by atoms with Crippen LogP contribution in [0.2, 0.25) is 0 Å². The van der Waals surface area contributed by atoms with Crippen LogP contribution in [-0.2, 0) is 0 Å². The summed E-state index contributed by atoms with van der Waals surface area (Å²) in [4.78, 5) is 2.44. The zero-order valence-corrected chi connectivity index (χ0v) is 9.92. The van der Waals surface area contributed by atoms with Crippen molar-refractivity contribution in [1.29, 1.82) is 0 Å². The molecular formula is C9H20ClNS. The second-order valence-corrected chi connectivity index (χ2v) is 4.72. The smallest absolute Gasteiger partial charge is 0.0339 e. The van der Waals surface area contributed by atoms with E-state index in [0.717, 1.165) is 19.0 Å². The van der Waals surface area contributed by atoms with Gasteiger partial charge in [-0.3, -0.25) is 0 Å². The molecule has 1 nitrogen and oxygen atoms in total. The van der Waals surface area contributed by atoms with Crippen LogP contribution in [0.15, 0.2) is 0 Å². The number of thioether (sulfide) groups is 1. The minimum absolute atomic E-state index is 0.599. The first-order chi connectivity index (χ1) is 5.74. The first-order valence-electron chi connectivity index (χ1n) is 4.64. The Morgan fingerprint density at radius 1 is 1.33 bits per heavy atom. The molecule has 0 aromatic heterocycles. The zero-order chi connectivity index (χ0) is 9.40. The fourth-order valence-corrected chi connectivity index (χ4v) is 2.09. The molecule has 0 aromatic carbocycles. The highest BCUT2D eigenvalue weighted by molar-refractivity contribution is 7.99. The lowest BCUT2D eigenvalue weighted by Gasteiger charge is -2.18. The molecule has 0 amide bonds. The summed E-state index contributed by atoms with van der Waals surface area (Å²) >= 11 is 7.66. The van der Waals surface area contributed by atoms with E-state index in [1.165, 1.54) is 12.3 Å². The Morgan fingerprint density at radius 2 is 1.92 bits per heavy atom. The molecule has 0 saturated heterocycles. The summed E-state index contributed by atoms with van der Waals surface area (Å²) in [7, 11) is 0. The number of hydrogen-bond acceptors (Lipinski definition) is 2. The summed E-state index contributed by atoms with van der Waals surface area (Å²) in [6, 6.07) is 0. The molecule has 0 heterocycles. The van der Waals surface area contributed by atoms with Gasteiger partial charge in [0.25, 0.3) is 0 Å². The average Bonchev–Trinajstić information content (AvgIpc) is 2.12. The lowest BCUT2D eigenvalue weighted by molar-refractivity contribution is 0.324. The van der Waals surface area contributed by atoms with Crippen molar-refractivity contribution in [3.8, 4) is 0 Å². The zero-order valence-electron chi connectivity index (χ0n) is 8.35. The second-order valence-electron chi connectivity index (χ2n) is 2.86. The number of halogens is 1. The van der Waals surface area contributed by atoms with Gasteiger partial charge in [-0.1, -0.05) is 20.8 Å². The van der Waals surface area contributed by atoms with Gasteiger partial charge in [0, 0.05) is 23.4 Å². The molecule has 0 radical (unpaired) electrons. The van der Waals surface area contributed by atoms with E-state index >= 15 is 0 Å². The van der Waals surface area contributed by atoms with Crippen LogP contribution in [0.3, 0.4) is 0 Å². The van der Waals surface area contributed by atoms with Gasteiger partial charge in [-0.05, 0) is 13.1 Å². The SMILES string of the molecule is CCN(CC)CCSC(C)CCl. The summed E-state index contributed by atoms with van der Waals surface area (Å²) in [5, 5.41) is 0.599. The molecule has 0 aliphatic carbocycles. The maximum atomic E-state index is 5.70. The Hall–Kier alpha value is 0.600. The Morgan fingerprint density at radius 3 is 2.33 bits per heavy atom. The number of nitrogens with zero attached hydrogens (tertiary/aromatic N) is 1. The summed E-state index contributed by atoms with van der Waals surface area (Å²) < 4.78 is 0. The minimum Gasteiger partial charge on any atom is -0.303 e. The molecule has 3 heteroatoms. The Balaban J connectivity index is 3.28. The molecular weight excluding hydrogens is 190 g/mol. The predicted octanol–water partition coefficient (Wildman–Crippen LogP) is 2.69. The molecule has 0 spiro atoms. The van der Waals surface area contributed by atoms with Crippen molar-refractivity contribution in [3.05, 3.63) is 0 Å². The monoisotopic (exact) mass is 209 g/mol. The van der Waals surface area contributed by atoms with Crippen LogP contribution < -0.4 is 0 Å². The van der Waals surface area contributed by atoms with Crippen molar-refractivity contribution < 1.29 is 0 Å². The summed E-state index contributed by atoms with van der Waals surface area (Å²) in [6.45, 7) is 10.1. The molecule has 0 aromatic rings. The lowest BCUT2D eigenvalue weighted by Crippen LogP contribution is -2.25. The highest BCUT2D eigenvalue weighted by Gasteiger charge is 2.02. The van der Waals surface area contributed by atoms with E-state index in [1.807, 2.05) is 11.8 Å². The third kappa shape index (κ3) is 6.15. The Bertz CT molecular complexity index is 96.5. The minimum atomic E-state index is 0.599. The maximum Gasteiger partial charge on any atom is 0.0339 e. The van der Waals surface area contributed by atoms with Gasteiger partial charge in [-0.2, -0.15) is 11.8 Å². The van der Waals surface area contributed by atoms with Crippen molar-refractivity contribution >= 4 is 23.4 Å². The van der Waals surface area contributed by atoms with Crippen molar-refractivity contribution in [1.82, 2.24) is 4.90 Å². The number of alkyl halides is 1. The highest BCUT2D eigenvalue weighted by Crippen LogP contribution is 2.11. The van der Waals surface area contributed by atoms with Crippen molar-refractivity contribution in [2.24, 2.45) is 0 Å². The molecule has 0 N–H and O–H groups in total. The topological polar surface area (TPSA) is 3.24 Å². The van der Waals surface area contributed by atoms with E-state index < -0.39 is 0 Å². The van der Waals surface area contributed by atoms with Gasteiger partial charge in [0.15, 0.2) is 0 Å². The normalized spacial score (nSPS) is 13.8.